The smallest absolute Gasteiger partial charge is 0.234 e. The van der Waals surface area contributed by atoms with Gasteiger partial charge >= 0.3 is 0 Å². The molecule has 0 aliphatic rings. The average Bonchev–Trinajstić information content (AvgIpc) is 2.57. The molecule has 3 aromatic rings. The van der Waals surface area contributed by atoms with E-state index in [0.29, 0.717) is 5.75 Å². The highest BCUT2D eigenvalue weighted by atomic mass is 32.2. The number of aromatic nitrogens is 1. The third kappa shape index (κ3) is 3.71. The van der Waals surface area contributed by atoms with Crippen LogP contribution < -0.4 is 5.32 Å². The molecule has 0 atom stereocenters. The second kappa shape index (κ2) is 6.84. The summed E-state index contributed by atoms with van der Waals surface area (Å²) in [5.74, 6) is 0.378. The van der Waals surface area contributed by atoms with E-state index in [-0.39, 0.29) is 5.91 Å². The van der Waals surface area contributed by atoms with E-state index in [2.05, 4.69) is 29.4 Å². The van der Waals surface area contributed by atoms with Gasteiger partial charge in [0.05, 0.1) is 17.0 Å². The van der Waals surface area contributed by atoms with E-state index >= 15 is 0 Å². The second-order valence-electron chi connectivity index (χ2n) is 5.48. The summed E-state index contributed by atoms with van der Waals surface area (Å²) in [5.41, 5.74) is 4.06. The van der Waals surface area contributed by atoms with Crippen LogP contribution in [0.25, 0.3) is 10.9 Å². The fourth-order valence-electron chi connectivity index (χ4n) is 2.39. The molecule has 0 aliphatic heterocycles. The van der Waals surface area contributed by atoms with Gasteiger partial charge in [-0.15, -0.1) is 11.8 Å². The van der Waals surface area contributed by atoms with E-state index in [1.165, 1.54) is 17.3 Å². The Morgan fingerprint density at radius 1 is 1.09 bits per heavy atom. The highest BCUT2D eigenvalue weighted by molar-refractivity contribution is 8.00. The van der Waals surface area contributed by atoms with E-state index in [0.717, 1.165) is 27.0 Å². The van der Waals surface area contributed by atoms with Crippen molar-refractivity contribution in [2.24, 2.45) is 0 Å². The van der Waals surface area contributed by atoms with Crippen LogP contribution in [0.2, 0.25) is 0 Å². The minimum atomic E-state index is -0.00965. The molecule has 3 nitrogen and oxygen atoms in total. The lowest BCUT2D eigenvalue weighted by atomic mass is 10.1. The van der Waals surface area contributed by atoms with Gasteiger partial charge in [0.2, 0.25) is 5.91 Å². The Morgan fingerprint density at radius 3 is 2.65 bits per heavy atom. The lowest BCUT2D eigenvalue weighted by molar-refractivity contribution is -0.113. The first-order valence-corrected chi connectivity index (χ1v) is 8.46. The minimum absolute atomic E-state index is 0.00965. The number of fused-ring (bicyclic) bond motifs is 1. The quantitative estimate of drug-likeness (QED) is 0.715. The topological polar surface area (TPSA) is 42.0 Å². The number of benzene rings is 2. The summed E-state index contributed by atoms with van der Waals surface area (Å²) in [7, 11) is 0. The Bertz CT molecular complexity index is 844. The molecule has 1 amide bonds. The largest absolute Gasteiger partial charge is 0.325 e. The highest BCUT2D eigenvalue weighted by Crippen LogP contribution is 2.25. The lowest BCUT2D eigenvalue weighted by Gasteiger charge is -2.10. The van der Waals surface area contributed by atoms with Gasteiger partial charge in [0.1, 0.15) is 0 Å². The van der Waals surface area contributed by atoms with Gasteiger partial charge < -0.3 is 5.32 Å². The molecule has 1 aromatic heterocycles. The van der Waals surface area contributed by atoms with Gasteiger partial charge in [0, 0.05) is 16.5 Å². The van der Waals surface area contributed by atoms with Crippen LogP contribution in [-0.4, -0.2) is 16.6 Å². The molecule has 1 heterocycles. The Morgan fingerprint density at radius 2 is 1.87 bits per heavy atom. The number of nitrogens with zero attached hydrogens (tertiary/aromatic N) is 1. The normalized spacial score (nSPS) is 10.7. The summed E-state index contributed by atoms with van der Waals surface area (Å²) in [6.07, 6.45) is 1.77. The zero-order valence-corrected chi connectivity index (χ0v) is 14.0. The molecule has 0 bridgehead atoms. The summed E-state index contributed by atoms with van der Waals surface area (Å²) in [4.78, 5) is 17.7. The Hall–Kier alpha value is -2.33. The maximum atomic E-state index is 12.2. The molecule has 0 fully saturated rings. The SMILES string of the molecule is Cc1ccc(SCC(=O)Nc2ccc(C)c3ncccc23)cc1. The molecular weight excluding hydrogens is 304 g/mol. The van der Waals surface area contributed by atoms with E-state index in [4.69, 9.17) is 0 Å². The van der Waals surface area contributed by atoms with Crippen LogP contribution >= 0.6 is 11.8 Å². The summed E-state index contributed by atoms with van der Waals surface area (Å²) in [6.45, 7) is 4.08. The van der Waals surface area contributed by atoms with Crippen LogP contribution in [0, 0.1) is 13.8 Å². The summed E-state index contributed by atoms with van der Waals surface area (Å²) >= 11 is 1.54. The number of aryl methyl sites for hydroxylation is 2. The molecule has 0 saturated carbocycles. The van der Waals surface area contributed by atoms with Gasteiger partial charge in [-0.3, -0.25) is 9.78 Å². The zero-order valence-electron chi connectivity index (χ0n) is 13.2. The first kappa shape index (κ1) is 15.6. The lowest BCUT2D eigenvalue weighted by Crippen LogP contribution is -2.14. The van der Waals surface area contributed by atoms with Crippen LogP contribution in [0.1, 0.15) is 11.1 Å². The first-order chi connectivity index (χ1) is 11.1. The molecule has 2 aromatic carbocycles. The van der Waals surface area contributed by atoms with E-state index in [1.54, 1.807) is 6.20 Å². The molecule has 0 radical (unpaired) electrons. The van der Waals surface area contributed by atoms with Crippen LogP contribution in [0.15, 0.2) is 59.6 Å². The number of nitrogens with one attached hydrogen (secondary N) is 1. The molecular formula is C19H18N2OS. The van der Waals surface area contributed by atoms with Crippen LogP contribution in [0.4, 0.5) is 5.69 Å². The maximum absolute atomic E-state index is 12.2. The number of carbonyl (C=O) groups excluding carboxylic acids is 1. The van der Waals surface area contributed by atoms with Crippen molar-refractivity contribution in [2.75, 3.05) is 11.1 Å². The minimum Gasteiger partial charge on any atom is -0.325 e. The molecule has 0 spiro atoms. The van der Waals surface area contributed by atoms with Crippen molar-refractivity contribution in [1.29, 1.82) is 0 Å². The Balaban J connectivity index is 1.71. The van der Waals surface area contributed by atoms with Crippen LogP contribution in [0.3, 0.4) is 0 Å². The Kier molecular flexibility index (Phi) is 4.63. The van der Waals surface area contributed by atoms with Crippen LogP contribution in [-0.2, 0) is 4.79 Å². The van der Waals surface area contributed by atoms with Crippen molar-refractivity contribution in [2.45, 2.75) is 18.7 Å². The van der Waals surface area contributed by atoms with Gasteiger partial charge in [-0.05, 0) is 49.7 Å². The number of thioether (sulfide) groups is 1. The van der Waals surface area contributed by atoms with Gasteiger partial charge in [0.15, 0.2) is 0 Å². The van der Waals surface area contributed by atoms with Gasteiger partial charge in [-0.2, -0.15) is 0 Å². The molecule has 0 aliphatic carbocycles. The predicted molar refractivity (Wildman–Crippen MR) is 97.0 cm³/mol. The molecule has 4 heteroatoms. The molecule has 0 saturated heterocycles. The number of anilines is 1. The second-order valence-corrected chi connectivity index (χ2v) is 6.53. The van der Waals surface area contributed by atoms with Crippen molar-refractivity contribution in [3.05, 3.63) is 65.9 Å². The van der Waals surface area contributed by atoms with E-state index in [9.17, 15) is 4.79 Å². The summed E-state index contributed by atoms with van der Waals surface area (Å²) in [6, 6.07) is 16.0. The first-order valence-electron chi connectivity index (χ1n) is 7.47. The standard InChI is InChI=1S/C19H18N2OS/c1-13-5-8-15(9-6-13)23-12-18(22)21-17-10-7-14(2)19-16(17)4-3-11-20-19/h3-11H,12H2,1-2H3,(H,21,22). The fraction of sp³-hybridized carbons (Fsp3) is 0.158. The number of pyridine rings is 1. The summed E-state index contributed by atoms with van der Waals surface area (Å²) < 4.78 is 0. The summed E-state index contributed by atoms with van der Waals surface area (Å²) in [5, 5.41) is 3.97. The fourth-order valence-corrected chi connectivity index (χ4v) is 3.09. The number of hydrogen-bond donors (Lipinski definition) is 1. The van der Waals surface area contributed by atoms with Gasteiger partial charge in [-0.25, -0.2) is 0 Å². The van der Waals surface area contributed by atoms with Gasteiger partial charge in [-0.1, -0.05) is 23.8 Å². The number of amides is 1. The van der Waals surface area contributed by atoms with Crippen molar-refractivity contribution in [3.8, 4) is 0 Å². The van der Waals surface area contributed by atoms with Gasteiger partial charge in [0.25, 0.3) is 0 Å². The molecule has 3 rings (SSSR count). The number of carbonyl (C=O) groups is 1. The molecule has 0 unspecified atom stereocenters. The number of rotatable bonds is 4. The average molecular weight is 322 g/mol. The van der Waals surface area contributed by atoms with E-state index < -0.39 is 0 Å². The zero-order chi connectivity index (χ0) is 16.2. The van der Waals surface area contributed by atoms with Crippen molar-refractivity contribution in [1.82, 2.24) is 4.98 Å². The highest BCUT2D eigenvalue weighted by Gasteiger charge is 2.08. The van der Waals surface area contributed by atoms with Crippen molar-refractivity contribution in [3.63, 3.8) is 0 Å². The maximum Gasteiger partial charge on any atom is 0.234 e. The Labute approximate surface area is 140 Å². The molecule has 23 heavy (non-hydrogen) atoms. The number of hydrogen-bond acceptors (Lipinski definition) is 3. The molecule has 116 valence electrons. The third-order valence-corrected chi connectivity index (χ3v) is 4.65. The van der Waals surface area contributed by atoms with E-state index in [1.807, 2.05) is 43.3 Å². The predicted octanol–water partition coefficient (Wildman–Crippen LogP) is 4.58. The van der Waals surface area contributed by atoms with Crippen LogP contribution in [0.5, 0.6) is 0 Å². The van der Waals surface area contributed by atoms with Crippen molar-refractivity contribution >= 4 is 34.3 Å². The molecule has 1 N–H and O–H groups in total. The third-order valence-electron chi connectivity index (χ3n) is 3.64. The monoisotopic (exact) mass is 322 g/mol. The van der Waals surface area contributed by atoms with Crippen molar-refractivity contribution < 1.29 is 4.79 Å².